The van der Waals surface area contributed by atoms with Crippen LogP contribution in [0.2, 0.25) is 0 Å². The van der Waals surface area contributed by atoms with Crippen LogP contribution in [0.25, 0.3) is 0 Å². The van der Waals surface area contributed by atoms with Gasteiger partial charge in [0.15, 0.2) is 0 Å². The van der Waals surface area contributed by atoms with Gasteiger partial charge in [0.05, 0.1) is 19.3 Å². The van der Waals surface area contributed by atoms with Crippen LogP contribution in [0.1, 0.15) is 40.5 Å². The number of nitrogens with zero attached hydrogens (tertiary/aromatic N) is 1. The minimum absolute atomic E-state index is 0.0895. The van der Waals surface area contributed by atoms with Crippen LogP contribution in [0.3, 0.4) is 0 Å². The third-order valence-corrected chi connectivity index (χ3v) is 4.20. The number of hydrogen-bond acceptors (Lipinski definition) is 5. The zero-order valence-corrected chi connectivity index (χ0v) is 15.5. The normalized spacial score (nSPS) is 20.8. The molecule has 1 heterocycles. The molecular weight excluding hydrogens is 300 g/mol. The van der Waals surface area contributed by atoms with Crippen LogP contribution < -0.4 is 5.32 Å². The van der Waals surface area contributed by atoms with Crippen molar-refractivity contribution in [3.8, 4) is 0 Å². The van der Waals surface area contributed by atoms with Crippen molar-refractivity contribution in [2.24, 2.45) is 0 Å². The lowest BCUT2D eigenvalue weighted by atomic mass is 10.1. The van der Waals surface area contributed by atoms with Crippen molar-refractivity contribution in [1.29, 1.82) is 0 Å². The van der Waals surface area contributed by atoms with Gasteiger partial charge in [-0.05, 0) is 59.1 Å². The maximum absolute atomic E-state index is 12.3. The summed E-state index contributed by atoms with van der Waals surface area (Å²) in [7, 11) is 0. The predicted molar refractivity (Wildman–Crippen MR) is 92.6 cm³/mol. The van der Waals surface area contributed by atoms with E-state index in [1.165, 1.54) is 12.2 Å². The summed E-state index contributed by atoms with van der Waals surface area (Å²) in [6.07, 6.45) is 3.96. The average Bonchev–Trinajstić information content (AvgIpc) is 2.42. The lowest BCUT2D eigenvalue weighted by Gasteiger charge is -2.37. The largest absolute Gasteiger partial charge is 0.444 e. The highest BCUT2D eigenvalue weighted by Gasteiger charge is 2.31. The second-order valence-corrected chi connectivity index (χ2v) is 7.83. The number of carbonyl (C=O) groups excluding carboxylic acids is 1. The zero-order chi connectivity index (χ0) is 16.6. The maximum atomic E-state index is 12.3. The third-order valence-electron chi connectivity index (χ3n) is 3.50. The second kappa shape index (κ2) is 9.63. The predicted octanol–water partition coefficient (Wildman–Crippen LogP) is 2.74. The molecule has 0 spiro atoms. The fourth-order valence-electron chi connectivity index (χ4n) is 2.47. The van der Waals surface area contributed by atoms with Crippen molar-refractivity contribution in [3.05, 3.63) is 0 Å². The summed E-state index contributed by atoms with van der Waals surface area (Å²) < 4.78 is 11.1. The van der Waals surface area contributed by atoms with E-state index in [0.717, 1.165) is 13.0 Å². The molecule has 22 heavy (non-hydrogen) atoms. The van der Waals surface area contributed by atoms with E-state index in [0.29, 0.717) is 25.8 Å². The van der Waals surface area contributed by atoms with Gasteiger partial charge in [0.2, 0.25) is 0 Å². The zero-order valence-electron chi connectivity index (χ0n) is 14.7. The monoisotopic (exact) mass is 332 g/mol. The molecule has 0 aliphatic carbocycles. The molecule has 1 amide bonds. The Morgan fingerprint density at radius 3 is 2.86 bits per heavy atom. The van der Waals surface area contributed by atoms with E-state index in [9.17, 15) is 4.79 Å². The number of thioether (sulfide) groups is 1. The fraction of sp³-hybridized carbons (Fsp3) is 0.938. The Kier molecular flexibility index (Phi) is 8.57. The van der Waals surface area contributed by atoms with Crippen LogP contribution >= 0.6 is 11.8 Å². The molecule has 1 aliphatic heterocycles. The van der Waals surface area contributed by atoms with Crippen LogP contribution in [0, 0.1) is 0 Å². The van der Waals surface area contributed by atoms with Gasteiger partial charge >= 0.3 is 6.09 Å². The van der Waals surface area contributed by atoms with E-state index < -0.39 is 5.60 Å². The van der Waals surface area contributed by atoms with Crippen molar-refractivity contribution >= 4 is 17.9 Å². The number of amides is 1. The van der Waals surface area contributed by atoms with Crippen molar-refractivity contribution in [2.45, 2.75) is 58.2 Å². The van der Waals surface area contributed by atoms with Crippen LogP contribution in [0.4, 0.5) is 4.79 Å². The molecule has 5 nitrogen and oxygen atoms in total. The molecule has 1 aliphatic rings. The smallest absolute Gasteiger partial charge is 0.410 e. The first-order valence-electron chi connectivity index (χ1n) is 8.13. The van der Waals surface area contributed by atoms with Gasteiger partial charge < -0.3 is 19.7 Å². The Bertz CT molecular complexity index is 334. The average molecular weight is 333 g/mol. The van der Waals surface area contributed by atoms with Gasteiger partial charge in [-0.3, -0.25) is 0 Å². The molecule has 1 N–H and O–H groups in total. The lowest BCUT2D eigenvalue weighted by molar-refractivity contribution is -0.0355. The van der Waals surface area contributed by atoms with Gasteiger partial charge in [-0.25, -0.2) is 4.79 Å². The highest BCUT2D eigenvalue weighted by Crippen LogP contribution is 2.17. The van der Waals surface area contributed by atoms with E-state index in [2.05, 4.69) is 18.5 Å². The number of ether oxygens (including phenoxy) is 2. The highest BCUT2D eigenvalue weighted by atomic mass is 32.2. The molecule has 0 radical (unpaired) electrons. The number of rotatable bonds is 7. The summed E-state index contributed by atoms with van der Waals surface area (Å²) in [5.41, 5.74) is -0.457. The van der Waals surface area contributed by atoms with Gasteiger partial charge in [0, 0.05) is 12.6 Å². The van der Waals surface area contributed by atoms with Crippen LogP contribution in [0.15, 0.2) is 0 Å². The molecule has 0 aromatic heterocycles. The van der Waals surface area contributed by atoms with Crippen LogP contribution in [0.5, 0.6) is 0 Å². The first kappa shape index (κ1) is 19.6. The van der Waals surface area contributed by atoms with Gasteiger partial charge in [-0.15, -0.1) is 0 Å². The van der Waals surface area contributed by atoms with Crippen molar-refractivity contribution in [3.63, 3.8) is 0 Å². The molecular formula is C16H32N2O3S. The molecule has 1 fully saturated rings. The van der Waals surface area contributed by atoms with Crippen LogP contribution in [-0.4, -0.2) is 67.0 Å². The number of hydrogen-bond donors (Lipinski definition) is 1. The summed E-state index contributed by atoms with van der Waals surface area (Å²) in [4.78, 5) is 14.2. The van der Waals surface area contributed by atoms with E-state index in [1.807, 2.05) is 37.4 Å². The van der Waals surface area contributed by atoms with E-state index in [-0.39, 0.29) is 12.1 Å². The van der Waals surface area contributed by atoms with Crippen molar-refractivity contribution < 1.29 is 14.3 Å². The minimum atomic E-state index is -0.457. The summed E-state index contributed by atoms with van der Waals surface area (Å²) in [5.74, 6) is 1.18. The van der Waals surface area contributed by atoms with E-state index in [4.69, 9.17) is 9.47 Å². The molecule has 0 aromatic rings. The minimum Gasteiger partial charge on any atom is -0.444 e. The van der Waals surface area contributed by atoms with Gasteiger partial charge in [0.25, 0.3) is 0 Å². The highest BCUT2D eigenvalue weighted by molar-refractivity contribution is 7.98. The number of carbonyl (C=O) groups is 1. The number of morpholine rings is 1. The van der Waals surface area contributed by atoms with Crippen LogP contribution in [-0.2, 0) is 9.47 Å². The third kappa shape index (κ3) is 7.70. The van der Waals surface area contributed by atoms with E-state index in [1.54, 1.807) is 0 Å². The Balaban J connectivity index is 2.45. The Hall–Kier alpha value is -0.460. The molecule has 0 aromatic carbocycles. The Labute approximate surface area is 139 Å². The molecule has 130 valence electrons. The summed E-state index contributed by atoms with van der Waals surface area (Å²) >= 11 is 1.87. The van der Waals surface area contributed by atoms with Crippen molar-refractivity contribution in [2.75, 3.05) is 38.3 Å². The molecule has 1 rings (SSSR count). The van der Waals surface area contributed by atoms with Gasteiger partial charge in [-0.2, -0.15) is 11.8 Å². The SMILES string of the molecule is CSCCCNC(C)CC1COCCN1C(=O)OC(C)(C)C. The molecule has 0 bridgehead atoms. The molecule has 1 saturated heterocycles. The van der Waals surface area contributed by atoms with E-state index >= 15 is 0 Å². The first-order chi connectivity index (χ1) is 10.3. The number of nitrogens with one attached hydrogen (secondary N) is 1. The van der Waals surface area contributed by atoms with Crippen molar-refractivity contribution in [1.82, 2.24) is 10.2 Å². The quantitative estimate of drug-likeness (QED) is 0.727. The molecule has 6 heteroatoms. The molecule has 2 atom stereocenters. The Morgan fingerprint density at radius 2 is 2.23 bits per heavy atom. The molecule has 0 saturated carbocycles. The van der Waals surface area contributed by atoms with Gasteiger partial charge in [-0.1, -0.05) is 0 Å². The summed E-state index contributed by atoms with van der Waals surface area (Å²) in [6.45, 7) is 10.7. The summed E-state index contributed by atoms with van der Waals surface area (Å²) in [5, 5.41) is 3.52. The molecule has 2 unspecified atom stereocenters. The topological polar surface area (TPSA) is 50.8 Å². The maximum Gasteiger partial charge on any atom is 0.410 e. The first-order valence-corrected chi connectivity index (χ1v) is 9.52. The summed E-state index contributed by atoms with van der Waals surface area (Å²) in [6, 6.07) is 0.449. The lowest BCUT2D eigenvalue weighted by Crippen LogP contribution is -2.52. The van der Waals surface area contributed by atoms with Gasteiger partial charge in [0.1, 0.15) is 5.60 Å². The standard InChI is InChI=1S/C16H32N2O3S/c1-13(17-7-6-10-22-5)11-14-12-20-9-8-18(14)15(19)21-16(2,3)4/h13-14,17H,6-12H2,1-5H3. The fourth-order valence-corrected chi connectivity index (χ4v) is 2.90. The Morgan fingerprint density at radius 1 is 1.50 bits per heavy atom. The second-order valence-electron chi connectivity index (χ2n) is 6.84.